The summed E-state index contributed by atoms with van der Waals surface area (Å²) in [6, 6.07) is 10.00. The van der Waals surface area contributed by atoms with Crippen molar-refractivity contribution in [3.8, 4) is 0 Å². The Bertz CT molecular complexity index is 499. The second-order valence-corrected chi connectivity index (χ2v) is 3.92. The van der Waals surface area contributed by atoms with Crippen LogP contribution in [0.15, 0.2) is 42.7 Å². The third-order valence-electron chi connectivity index (χ3n) is 3.05. The van der Waals surface area contributed by atoms with E-state index in [9.17, 15) is 4.79 Å². The number of Topliss-reactive ketones (excluding diaryl/α,β-unsaturated/α-hetero) is 1. The van der Waals surface area contributed by atoms with Crippen LogP contribution in [0.3, 0.4) is 0 Å². The summed E-state index contributed by atoms with van der Waals surface area (Å²) in [7, 11) is 0. The molecular formula is C13H11NO. The summed E-state index contributed by atoms with van der Waals surface area (Å²) < 4.78 is 0. The molecule has 0 bridgehead atoms. The molecule has 1 unspecified atom stereocenters. The van der Waals surface area contributed by atoms with Crippen LogP contribution < -0.4 is 0 Å². The normalized spacial score (nSPS) is 18.0. The lowest BCUT2D eigenvalue weighted by atomic mass is 9.74. The van der Waals surface area contributed by atoms with E-state index in [1.807, 2.05) is 24.3 Å². The maximum absolute atomic E-state index is 12.0. The molecule has 1 aliphatic carbocycles. The van der Waals surface area contributed by atoms with Crippen molar-refractivity contribution in [1.29, 1.82) is 0 Å². The first-order valence-corrected chi connectivity index (χ1v) is 5.11. The van der Waals surface area contributed by atoms with Crippen LogP contribution in [0, 0.1) is 0 Å². The predicted molar refractivity (Wildman–Crippen MR) is 58.0 cm³/mol. The molecular weight excluding hydrogens is 186 g/mol. The molecule has 2 aromatic rings. The number of ketones is 1. The van der Waals surface area contributed by atoms with Crippen LogP contribution in [0.5, 0.6) is 0 Å². The smallest absolute Gasteiger partial charge is 0.172 e. The molecule has 0 aliphatic heterocycles. The molecule has 15 heavy (non-hydrogen) atoms. The number of hydrogen-bond donors (Lipinski definition) is 1. The van der Waals surface area contributed by atoms with Gasteiger partial charge in [0.2, 0.25) is 0 Å². The van der Waals surface area contributed by atoms with Crippen molar-refractivity contribution in [2.45, 2.75) is 12.3 Å². The molecule has 1 aliphatic rings. The van der Waals surface area contributed by atoms with Gasteiger partial charge in [-0.1, -0.05) is 24.3 Å². The Balaban J connectivity index is 1.91. The van der Waals surface area contributed by atoms with Gasteiger partial charge < -0.3 is 4.98 Å². The molecule has 1 heterocycles. The Morgan fingerprint density at radius 3 is 2.87 bits per heavy atom. The Morgan fingerprint density at radius 1 is 1.27 bits per heavy atom. The molecule has 2 nitrogen and oxygen atoms in total. The first-order chi connectivity index (χ1) is 7.36. The number of aromatic nitrogens is 1. The average Bonchev–Trinajstić information content (AvgIpc) is 2.72. The summed E-state index contributed by atoms with van der Waals surface area (Å²) in [6.07, 6.45) is 4.45. The van der Waals surface area contributed by atoms with E-state index in [-0.39, 0.29) is 11.7 Å². The van der Waals surface area contributed by atoms with Crippen molar-refractivity contribution < 1.29 is 4.79 Å². The topological polar surface area (TPSA) is 32.9 Å². The minimum atomic E-state index is 0.0806. The van der Waals surface area contributed by atoms with Crippen molar-refractivity contribution in [2.75, 3.05) is 0 Å². The molecule has 0 saturated heterocycles. The van der Waals surface area contributed by atoms with E-state index in [0.29, 0.717) is 0 Å². The van der Waals surface area contributed by atoms with E-state index >= 15 is 0 Å². The molecule has 1 N–H and O–H groups in total. The van der Waals surface area contributed by atoms with E-state index in [0.717, 1.165) is 12.0 Å². The van der Waals surface area contributed by atoms with Gasteiger partial charge in [-0.3, -0.25) is 4.79 Å². The molecule has 0 saturated carbocycles. The first-order valence-electron chi connectivity index (χ1n) is 5.11. The second-order valence-electron chi connectivity index (χ2n) is 3.92. The van der Waals surface area contributed by atoms with Gasteiger partial charge in [0.1, 0.15) is 0 Å². The lowest BCUT2D eigenvalue weighted by molar-refractivity contribution is 0.0949. The Labute approximate surface area is 87.9 Å². The van der Waals surface area contributed by atoms with E-state index in [1.165, 1.54) is 11.1 Å². The summed E-state index contributed by atoms with van der Waals surface area (Å²) in [4.78, 5) is 14.9. The summed E-state index contributed by atoms with van der Waals surface area (Å²) in [6.45, 7) is 0. The number of nitrogens with one attached hydrogen (secondary N) is 1. The van der Waals surface area contributed by atoms with Crippen molar-refractivity contribution in [3.05, 3.63) is 59.4 Å². The summed E-state index contributed by atoms with van der Waals surface area (Å²) in [5.41, 5.74) is 3.30. The van der Waals surface area contributed by atoms with Crippen LogP contribution in [0.2, 0.25) is 0 Å². The van der Waals surface area contributed by atoms with Gasteiger partial charge in [0.15, 0.2) is 5.78 Å². The van der Waals surface area contributed by atoms with Gasteiger partial charge >= 0.3 is 0 Å². The van der Waals surface area contributed by atoms with Crippen LogP contribution in [-0.2, 0) is 6.42 Å². The number of H-pyrrole nitrogens is 1. The van der Waals surface area contributed by atoms with Crippen LogP contribution in [0.1, 0.15) is 27.4 Å². The van der Waals surface area contributed by atoms with Gasteiger partial charge in [-0.2, -0.15) is 0 Å². The number of carbonyl (C=O) groups is 1. The highest BCUT2D eigenvalue weighted by molar-refractivity contribution is 6.02. The fraction of sp³-hybridized carbons (Fsp3) is 0.154. The van der Waals surface area contributed by atoms with Gasteiger partial charge in [-0.15, -0.1) is 0 Å². The molecule has 0 spiro atoms. The number of benzene rings is 1. The third kappa shape index (κ3) is 1.22. The maximum Gasteiger partial charge on any atom is 0.172 e. The van der Waals surface area contributed by atoms with E-state index < -0.39 is 0 Å². The molecule has 74 valence electrons. The zero-order valence-electron chi connectivity index (χ0n) is 8.23. The highest BCUT2D eigenvalue weighted by atomic mass is 16.1. The predicted octanol–water partition coefficient (Wildman–Crippen LogP) is 2.54. The molecule has 0 fully saturated rings. The number of rotatable bonds is 2. The summed E-state index contributed by atoms with van der Waals surface area (Å²) >= 11 is 0. The molecule has 0 amide bonds. The quantitative estimate of drug-likeness (QED) is 0.737. The molecule has 2 heteroatoms. The standard InChI is InChI=1S/C13H11NO/c15-13(10-5-6-14-8-10)12-7-9-3-1-2-4-11(9)12/h1-6,8,12,14H,7H2. The van der Waals surface area contributed by atoms with Crippen molar-refractivity contribution in [1.82, 2.24) is 4.98 Å². The van der Waals surface area contributed by atoms with Gasteiger partial charge in [-0.05, 0) is 23.6 Å². The Hall–Kier alpha value is -1.83. The zero-order chi connectivity index (χ0) is 10.3. The first kappa shape index (κ1) is 8.48. The van der Waals surface area contributed by atoms with E-state index in [2.05, 4.69) is 11.1 Å². The summed E-state index contributed by atoms with van der Waals surface area (Å²) in [5, 5.41) is 0. The van der Waals surface area contributed by atoms with E-state index in [4.69, 9.17) is 0 Å². The van der Waals surface area contributed by atoms with Gasteiger partial charge in [-0.25, -0.2) is 0 Å². The van der Waals surface area contributed by atoms with E-state index in [1.54, 1.807) is 12.4 Å². The molecule has 1 aromatic carbocycles. The second kappa shape index (κ2) is 3.09. The third-order valence-corrected chi connectivity index (χ3v) is 3.05. The number of carbonyl (C=O) groups excluding carboxylic acids is 1. The molecule has 0 radical (unpaired) electrons. The fourth-order valence-electron chi connectivity index (χ4n) is 2.17. The highest BCUT2D eigenvalue weighted by Crippen LogP contribution is 2.36. The lowest BCUT2D eigenvalue weighted by Crippen LogP contribution is -2.24. The van der Waals surface area contributed by atoms with Crippen LogP contribution in [-0.4, -0.2) is 10.8 Å². The lowest BCUT2D eigenvalue weighted by Gasteiger charge is -2.28. The molecule has 1 atom stereocenters. The monoisotopic (exact) mass is 197 g/mol. The molecule has 3 rings (SSSR count). The highest BCUT2D eigenvalue weighted by Gasteiger charge is 2.32. The minimum absolute atomic E-state index is 0.0806. The van der Waals surface area contributed by atoms with Crippen LogP contribution >= 0.6 is 0 Å². The maximum atomic E-state index is 12.0. The van der Waals surface area contributed by atoms with Gasteiger partial charge in [0.05, 0.1) is 5.92 Å². The van der Waals surface area contributed by atoms with Gasteiger partial charge in [0.25, 0.3) is 0 Å². The Morgan fingerprint density at radius 2 is 2.13 bits per heavy atom. The largest absolute Gasteiger partial charge is 0.367 e. The number of aromatic amines is 1. The Kier molecular flexibility index (Phi) is 1.75. The minimum Gasteiger partial charge on any atom is -0.367 e. The molecule has 1 aromatic heterocycles. The average molecular weight is 197 g/mol. The number of fused-ring (bicyclic) bond motifs is 1. The van der Waals surface area contributed by atoms with Crippen LogP contribution in [0.4, 0.5) is 0 Å². The summed E-state index contributed by atoms with van der Waals surface area (Å²) in [5.74, 6) is 0.312. The fourth-order valence-corrected chi connectivity index (χ4v) is 2.17. The van der Waals surface area contributed by atoms with Crippen molar-refractivity contribution in [2.24, 2.45) is 0 Å². The zero-order valence-corrected chi connectivity index (χ0v) is 8.23. The SMILES string of the molecule is O=C(c1cc[nH]c1)C1Cc2ccccc21. The number of hydrogen-bond acceptors (Lipinski definition) is 1. The van der Waals surface area contributed by atoms with Crippen molar-refractivity contribution in [3.63, 3.8) is 0 Å². The van der Waals surface area contributed by atoms with Crippen LogP contribution in [0.25, 0.3) is 0 Å². The van der Waals surface area contributed by atoms with Gasteiger partial charge in [0, 0.05) is 18.0 Å². The van der Waals surface area contributed by atoms with Crippen molar-refractivity contribution >= 4 is 5.78 Å².